The zero-order valence-corrected chi connectivity index (χ0v) is 11.8. The van der Waals surface area contributed by atoms with Crippen LogP contribution in [0.4, 0.5) is 0 Å². The molecule has 0 saturated carbocycles. The highest BCUT2D eigenvalue weighted by Crippen LogP contribution is 2.35. The van der Waals surface area contributed by atoms with Crippen molar-refractivity contribution < 1.29 is 0 Å². The average molecular weight is 251 g/mol. The number of hydrogen-bond donors (Lipinski definition) is 1. The maximum Gasteiger partial charge on any atom is 0.191 e. The molecule has 17 heavy (non-hydrogen) atoms. The van der Waals surface area contributed by atoms with E-state index in [0.29, 0.717) is 12.0 Å². The zero-order chi connectivity index (χ0) is 12.6. The highest BCUT2D eigenvalue weighted by molar-refractivity contribution is 7.12. The highest BCUT2D eigenvalue weighted by atomic mass is 32.1. The van der Waals surface area contributed by atoms with Crippen molar-refractivity contribution in [1.29, 1.82) is 0 Å². The summed E-state index contributed by atoms with van der Waals surface area (Å²) in [7, 11) is 0. The number of guanidine groups is 1. The van der Waals surface area contributed by atoms with Crippen molar-refractivity contribution in [2.75, 3.05) is 13.1 Å². The van der Waals surface area contributed by atoms with Gasteiger partial charge in [0.05, 0.1) is 12.6 Å². The van der Waals surface area contributed by atoms with Gasteiger partial charge in [-0.1, -0.05) is 20.8 Å². The summed E-state index contributed by atoms with van der Waals surface area (Å²) in [4.78, 5) is 9.32. The third-order valence-corrected chi connectivity index (χ3v) is 4.74. The van der Waals surface area contributed by atoms with Crippen molar-refractivity contribution in [1.82, 2.24) is 4.90 Å². The van der Waals surface area contributed by atoms with Crippen LogP contribution in [0.15, 0.2) is 17.1 Å². The van der Waals surface area contributed by atoms with Crippen LogP contribution >= 0.6 is 11.3 Å². The molecule has 0 saturated heterocycles. The van der Waals surface area contributed by atoms with E-state index < -0.39 is 0 Å². The molecule has 1 aliphatic heterocycles. The van der Waals surface area contributed by atoms with Gasteiger partial charge in [0.25, 0.3) is 0 Å². The van der Waals surface area contributed by atoms with Crippen LogP contribution in [-0.4, -0.2) is 23.9 Å². The van der Waals surface area contributed by atoms with Gasteiger partial charge in [-0.3, -0.25) is 4.99 Å². The number of hydrogen-bond acceptors (Lipinski definition) is 4. The molecular weight excluding hydrogens is 230 g/mol. The molecule has 0 aromatic carbocycles. The standard InChI is InChI=1S/C13H21N3S/c1-5-16-9(8-15-12(16)14)10-6-7-11(17-10)13(2,3)4/h6-7,9H,5,8H2,1-4H3,(H2,14,15). The summed E-state index contributed by atoms with van der Waals surface area (Å²) in [5.74, 6) is 0.684. The van der Waals surface area contributed by atoms with Crippen molar-refractivity contribution >= 4 is 17.3 Å². The summed E-state index contributed by atoms with van der Waals surface area (Å²) < 4.78 is 0. The maximum absolute atomic E-state index is 5.89. The van der Waals surface area contributed by atoms with Crippen LogP contribution in [0.2, 0.25) is 0 Å². The zero-order valence-electron chi connectivity index (χ0n) is 11.0. The first-order valence-electron chi connectivity index (χ1n) is 6.10. The summed E-state index contributed by atoms with van der Waals surface area (Å²) in [6.45, 7) is 10.6. The van der Waals surface area contributed by atoms with Gasteiger partial charge >= 0.3 is 0 Å². The molecule has 0 radical (unpaired) electrons. The molecule has 1 aromatic heterocycles. The molecule has 1 unspecified atom stereocenters. The lowest BCUT2D eigenvalue weighted by molar-refractivity contribution is 0.369. The summed E-state index contributed by atoms with van der Waals surface area (Å²) >= 11 is 1.89. The van der Waals surface area contributed by atoms with E-state index in [1.54, 1.807) is 0 Å². The van der Waals surface area contributed by atoms with E-state index in [4.69, 9.17) is 5.73 Å². The molecule has 2 N–H and O–H groups in total. The van der Waals surface area contributed by atoms with Gasteiger partial charge in [-0.15, -0.1) is 11.3 Å². The van der Waals surface area contributed by atoms with Crippen LogP contribution in [0, 0.1) is 0 Å². The predicted molar refractivity (Wildman–Crippen MR) is 74.6 cm³/mol. The lowest BCUT2D eigenvalue weighted by Crippen LogP contribution is -2.35. The van der Waals surface area contributed by atoms with E-state index in [0.717, 1.165) is 13.1 Å². The van der Waals surface area contributed by atoms with Gasteiger partial charge in [0, 0.05) is 16.3 Å². The van der Waals surface area contributed by atoms with Crippen molar-refractivity contribution in [3.8, 4) is 0 Å². The van der Waals surface area contributed by atoms with E-state index in [1.807, 2.05) is 11.3 Å². The second kappa shape index (κ2) is 4.33. The molecule has 1 aliphatic rings. The third-order valence-electron chi connectivity index (χ3n) is 3.13. The largest absolute Gasteiger partial charge is 0.370 e. The van der Waals surface area contributed by atoms with Gasteiger partial charge in [-0.05, 0) is 24.5 Å². The van der Waals surface area contributed by atoms with Crippen molar-refractivity contribution in [2.24, 2.45) is 10.7 Å². The second-order valence-electron chi connectivity index (χ2n) is 5.45. The fourth-order valence-electron chi connectivity index (χ4n) is 2.09. The number of aliphatic imine (C=N–C) groups is 1. The Morgan fingerprint density at radius 3 is 2.71 bits per heavy atom. The molecule has 4 heteroatoms. The lowest BCUT2D eigenvalue weighted by Gasteiger charge is -2.23. The number of likely N-dealkylation sites (N-methyl/N-ethyl adjacent to an activating group) is 1. The Morgan fingerprint density at radius 1 is 1.47 bits per heavy atom. The smallest absolute Gasteiger partial charge is 0.191 e. The minimum absolute atomic E-state index is 0.227. The summed E-state index contributed by atoms with van der Waals surface area (Å²) in [5.41, 5.74) is 6.12. The Kier molecular flexibility index (Phi) is 3.17. The number of rotatable bonds is 2. The fourth-order valence-corrected chi connectivity index (χ4v) is 3.26. The van der Waals surface area contributed by atoms with E-state index in [9.17, 15) is 0 Å². The van der Waals surface area contributed by atoms with Crippen LogP contribution in [0.25, 0.3) is 0 Å². The molecule has 0 spiro atoms. The van der Waals surface area contributed by atoms with Crippen LogP contribution in [0.3, 0.4) is 0 Å². The fraction of sp³-hybridized carbons (Fsp3) is 0.615. The third kappa shape index (κ3) is 2.32. The molecule has 0 amide bonds. The van der Waals surface area contributed by atoms with Crippen molar-refractivity contribution in [3.63, 3.8) is 0 Å². The normalized spacial score (nSPS) is 20.8. The van der Waals surface area contributed by atoms with Crippen LogP contribution in [0.1, 0.15) is 43.5 Å². The maximum atomic E-state index is 5.89. The minimum Gasteiger partial charge on any atom is -0.370 e. The monoisotopic (exact) mass is 251 g/mol. The van der Waals surface area contributed by atoms with Crippen molar-refractivity contribution in [3.05, 3.63) is 21.9 Å². The van der Waals surface area contributed by atoms with Gasteiger partial charge in [0.15, 0.2) is 5.96 Å². The molecule has 1 atom stereocenters. The van der Waals surface area contributed by atoms with Gasteiger partial charge in [0.1, 0.15) is 0 Å². The Morgan fingerprint density at radius 2 is 2.18 bits per heavy atom. The van der Waals surface area contributed by atoms with Crippen LogP contribution in [-0.2, 0) is 5.41 Å². The molecule has 2 heterocycles. The molecule has 0 fully saturated rings. The van der Waals surface area contributed by atoms with Gasteiger partial charge in [0.2, 0.25) is 0 Å². The highest BCUT2D eigenvalue weighted by Gasteiger charge is 2.28. The molecular formula is C13H21N3S. The van der Waals surface area contributed by atoms with Gasteiger partial charge < -0.3 is 10.6 Å². The molecule has 0 aliphatic carbocycles. The van der Waals surface area contributed by atoms with Gasteiger partial charge in [-0.2, -0.15) is 0 Å². The summed E-state index contributed by atoms with van der Waals surface area (Å²) in [5, 5.41) is 0. The first kappa shape index (κ1) is 12.4. The number of nitrogens with zero attached hydrogens (tertiary/aromatic N) is 2. The predicted octanol–water partition coefficient (Wildman–Crippen LogP) is 2.74. The van der Waals surface area contributed by atoms with E-state index in [1.165, 1.54) is 9.75 Å². The Hall–Kier alpha value is -1.03. The molecule has 0 bridgehead atoms. The Bertz CT molecular complexity index is 428. The molecule has 2 rings (SSSR count). The minimum atomic E-state index is 0.227. The first-order valence-corrected chi connectivity index (χ1v) is 6.92. The molecule has 1 aromatic rings. The molecule has 3 nitrogen and oxygen atoms in total. The summed E-state index contributed by atoms with van der Waals surface area (Å²) in [6.07, 6.45) is 0. The molecule has 94 valence electrons. The lowest BCUT2D eigenvalue weighted by atomic mass is 9.95. The van der Waals surface area contributed by atoms with Crippen LogP contribution in [0.5, 0.6) is 0 Å². The van der Waals surface area contributed by atoms with E-state index >= 15 is 0 Å². The Balaban J connectivity index is 2.22. The van der Waals surface area contributed by atoms with Gasteiger partial charge in [-0.25, -0.2) is 0 Å². The Labute approximate surface area is 107 Å². The van der Waals surface area contributed by atoms with E-state index in [-0.39, 0.29) is 5.41 Å². The van der Waals surface area contributed by atoms with E-state index in [2.05, 4.69) is 49.7 Å². The topological polar surface area (TPSA) is 41.6 Å². The quantitative estimate of drug-likeness (QED) is 0.878. The SMILES string of the molecule is CCN1C(N)=NCC1c1ccc(C(C)(C)C)s1. The number of thiophene rings is 1. The average Bonchev–Trinajstić information content (AvgIpc) is 2.82. The van der Waals surface area contributed by atoms with Crippen LogP contribution < -0.4 is 5.73 Å². The first-order chi connectivity index (χ1) is 7.93. The number of nitrogens with two attached hydrogens (primary N) is 1. The second-order valence-corrected chi connectivity index (χ2v) is 6.57. The van der Waals surface area contributed by atoms with Crippen molar-refractivity contribution in [2.45, 2.75) is 39.2 Å². The summed E-state index contributed by atoms with van der Waals surface area (Å²) in [6, 6.07) is 4.82.